The highest BCUT2D eigenvalue weighted by atomic mass is 35.5. The average Bonchev–Trinajstić information content (AvgIpc) is 3.93. The lowest BCUT2D eigenvalue weighted by Gasteiger charge is -2.18. The molecule has 0 amide bonds. The maximum absolute atomic E-state index is 13.5. The van der Waals surface area contributed by atoms with Crippen molar-refractivity contribution in [2.24, 2.45) is 0 Å². The van der Waals surface area contributed by atoms with E-state index in [4.69, 9.17) is 55.9 Å². The normalized spacial score (nSPS) is 21.6. The van der Waals surface area contributed by atoms with Gasteiger partial charge in [-0.05, 0) is 69.1 Å². The largest absolute Gasteiger partial charge is 0.573 e. The molecule has 2 saturated heterocycles. The highest BCUT2D eigenvalue weighted by Gasteiger charge is 2.62. The van der Waals surface area contributed by atoms with Gasteiger partial charge in [-0.1, -0.05) is 94.9 Å². The summed E-state index contributed by atoms with van der Waals surface area (Å²) in [4.78, 5) is 8.78. The van der Waals surface area contributed by atoms with Crippen LogP contribution >= 0.6 is 68.0 Å². The maximum atomic E-state index is 13.5. The number of nitrogens with zero attached hydrogens (tertiary/aromatic N) is 6. The second kappa shape index (κ2) is 15.6. The Hall–Kier alpha value is -3.88. The van der Waals surface area contributed by atoms with Gasteiger partial charge in [-0.3, -0.25) is 0 Å². The van der Waals surface area contributed by atoms with Crippen molar-refractivity contribution in [2.45, 2.75) is 59.5 Å². The first kappa shape index (κ1) is 40.9. The number of benzene rings is 4. The van der Waals surface area contributed by atoms with E-state index in [1.807, 2.05) is 0 Å². The van der Waals surface area contributed by atoms with Crippen LogP contribution in [0.2, 0.25) is 20.1 Å². The summed E-state index contributed by atoms with van der Waals surface area (Å²) in [5.41, 5.74) is -1.32. The van der Waals surface area contributed by atoms with E-state index in [-0.39, 0.29) is 34.3 Å². The first-order chi connectivity index (χ1) is 27.6. The summed E-state index contributed by atoms with van der Waals surface area (Å²) in [5, 5.41) is 9.69. The van der Waals surface area contributed by atoms with Crippen LogP contribution in [-0.4, -0.2) is 42.3 Å². The zero-order chi connectivity index (χ0) is 41.0. The summed E-state index contributed by atoms with van der Waals surface area (Å²) in [6.07, 6.45) is -9.37. The van der Waals surface area contributed by atoms with Gasteiger partial charge in [-0.25, -0.2) is 19.3 Å². The summed E-state index contributed by atoms with van der Waals surface area (Å²) in [6.45, 7) is -0.0537. The Morgan fingerprint density at radius 3 is 1.38 bits per heavy atom. The second-order valence-electron chi connectivity index (χ2n) is 12.8. The van der Waals surface area contributed by atoms with Crippen molar-refractivity contribution in [1.29, 1.82) is 0 Å². The average molecular weight is 923 g/mol. The molecule has 2 aromatic heterocycles. The smallest absolute Gasteiger partial charge is 0.404 e. The molecule has 2 aliphatic heterocycles. The fourth-order valence-electron chi connectivity index (χ4n) is 6.63. The molecule has 22 heteroatoms. The molecule has 0 bridgehead atoms. The molecule has 4 heterocycles. The van der Waals surface area contributed by atoms with E-state index in [1.165, 1.54) is 58.4 Å². The predicted molar refractivity (Wildman–Crippen MR) is 202 cm³/mol. The molecule has 0 N–H and O–H groups in total. The van der Waals surface area contributed by atoms with E-state index >= 15 is 0 Å². The Balaban J connectivity index is 1.06. The van der Waals surface area contributed by atoms with Crippen LogP contribution in [0.4, 0.5) is 26.3 Å². The van der Waals surface area contributed by atoms with E-state index < -0.39 is 47.6 Å². The number of hydrogen-bond donors (Lipinski definition) is 0. The highest BCUT2D eigenvalue weighted by Crippen LogP contribution is 2.62. The number of aromatic nitrogens is 6. The predicted octanol–water partition coefficient (Wildman–Crippen LogP) is 11.4. The van der Waals surface area contributed by atoms with Crippen molar-refractivity contribution in [2.75, 3.05) is 0 Å². The molecule has 6 aromatic rings. The lowest BCUT2D eigenvalue weighted by molar-refractivity contribution is -0.275. The van der Waals surface area contributed by atoms with E-state index in [1.54, 1.807) is 48.5 Å². The minimum atomic E-state index is -5.03. The molecule has 0 saturated carbocycles. The van der Waals surface area contributed by atoms with Crippen molar-refractivity contribution in [3.05, 3.63) is 140 Å². The quantitative estimate of drug-likeness (QED) is 0.0632. The number of halogens is 10. The van der Waals surface area contributed by atoms with Gasteiger partial charge in [0, 0.05) is 21.2 Å². The molecule has 302 valence electrons. The van der Waals surface area contributed by atoms with Gasteiger partial charge in [-0.2, -0.15) is 10.2 Å². The fraction of sp³-hybridized carbons (Fsp3) is 0.222. The second-order valence-corrected chi connectivity index (χ2v) is 16.5. The molecular formula is C36H22Cl4F6N6O4S2. The van der Waals surface area contributed by atoms with Gasteiger partial charge < -0.3 is 18.9 Å². The molecule has 0 radical (unpaired) electrons. The third-order valence-corrected chi connectivity index (χ3v) is 12.4. The Morgan fingerprint density at radius 1 is 0.603 bits per heavy atom. The Kier molecular flexibility index (Phi) is 11.0. The summed E-state index contributed by atoms with van der Waals surface area (Å²) in [7, 11) is 2.28. The van der Waals surface area contributed by atoms with Gasteiger partial charge in [0.2, 0.25) is 0 Å². The summed E-state index contributed by atoms with van der Waals surface area (Å²) in [5.74, 6) is -1.18. The van der Waals surface area contributed by atoms with Gasteiger partial charge in [0.05, 0.1) is 23.1 Å². The molecule has 0 spiro atoms. The van der Waals surface area contributed by atoms with Gasteiger partial charge in [0.15, 0.2) is 21.8 Å². The molecule has 10 nitrogen and oxygen atoms in total. The molecule has 4 unspecified atom stereocenters. The molecule has 2 aliphatic rings. The summed E-state index contributed by atoms with van der Waals surface area (Å²) < 4.78 is 105. The molecule has 4 atom stereocenters. The zero-order valence-electron chi connectivity index (χ0n) is 28.7. The standard InChI is InChI=1S/C36H22Cl4F6N6O4S2/c37-21-7-1-5-19(13-21)33(29(55-33)23-9-3-11-25(39)27(23)53-35(41,42)43)15-51-31(47-17-49-51)57-58-32-48-18-50-52(32)16-34(20-6-2-8-22(38)14-20)30(56-34)24-10-4-12-26(40)28(24)54-36(44,45)46/h1-14,17-18,29-30H,15-16H2. The van der Waals surface area contributed by atoms with Crippen molar-refractivity contribution >= 4 is 68.0 Å². The SMILES string of the molecule is FC(F)(F)Oc1c(Cl)cccc1C1OC1(Cn1ncnc1SSc1ncnn1CC1(c2cccc(Cl)c2)OC1c1cccc(Cl)c1OC(F)(F)F)c1cccc(Cl)c1. The van der Waals surface area contributed by atoms with Gasteiger partial charge >= 0.3 is 12.7 Å². The van der Waals surface area contributed by atoms with Crippen molar-refractivity contribution in [3.8, 4) is 11.5 Å². The lowest BCUT2D eigenvalue weighted by atomic mass is 9.91. The van der Waals surface area contributed by atoms with Crippen LogP contribution in [0.1, 0.15) is 34.5 Å². The maximum Gasteiger partial charge on any atom is 0.573 e. The van der Waals surface area contributed by atoms with Crippen LogP contribution in [0, 0.1) is 0 Å². The van der Waals surface area contributed by atoms with Crippen molar-refractivity contribution < 1.29 is 45.3 Å². The lowest BCUT2D eigenvalue weighted by Crippen LogP contribution is -2.22. The number of rotatable bonds is 13. The Labute approximate surface area is 352 Å². The van der Waals surface area contributed by atoms with Gasteiger partial charge in [0.25, 0.3) is 0 Å². The molecule has 8 rings (SSSR count). The number of ether oxygens (including phenoxy) is 4. The monoisotopic (exact) mass is 920 g/mol. The number of alkyl halides is 6. The number of epoxide rings is 2. The van der Waals surface area contributed by atoms with E-state index in [9.17, 15) is 26.3 Å². The number of hydrogen-bond acceptors (Lipinski definition) is 10. The first-order valence-corrected chi connectivity index (χ1v) is 20.3. The molecule has 58 heavy (non-hydrogen) atoms. The summed E-state index contributed by atoms with van der Waals surface area (Å²) in [6, 6.07) is 21.8. The van der Waals surface area contributed by atoms with Crippen molar-refractivity contribution in [3.63, 3.8) is 0 Å². The zero-order valence-corrected chi connectivity index (χ0v) is 33.4. The highest BCUT2D eigenvalue weighted by molar-refractivity contribution is 8.76. The Morgan fingerprint density at radius 2 is 1.00 bits per heavy atom. The fourth-order valence-corrected chi connectivity index (χ4v) is 9.40. The van der Waals surface area contributed by atoms with E-state index in [2.05, 4.69) is 29.6 Å². The van der Waals surface area contributed by atoms with Crippen LogP contribution in [0.15, 0.2) is 108 Å². The van der Waals surface area contributed by atoms with Crippen LogP contribution in [0.3, 0.4) is 0 Å². The van der Waals surface area contributed by atoms with Crippen LogP contribution in [-0.2, 0) is 33.8 Å². The van der Waals surface area contributed by atoms with Crippen LogP contribution in [0.5, 0.6) is 11.5 Å². The minimum Gasteiger partial charge on any atom is -0.404 e. The minimum absolute atomic E-state index is 0.0269. The first-order valence-electron chi connectivity index (χ1n) is 16.6. The van der Waals surface area contributed by atoms with E-state index in [0.717, 1.165) is 21.6 Å². The molecular weight excluding hydrogens is 900 g/mol. The Bertz CT molecular complexity index is 2330. The molecule has 4 aromatic carbocycles. The third kappa shape index (κ3) is 8.43. The topological polar surface area (TPSA) is 105 Å². The van der Waals surface area contributed by atoms with Crippen LogP contribution in [0.25, 0.3) is 0 Å². The number of para-hydroxylation sites is 2. The van der Waals surface area contributed by atoms with Crippen molar-refractivity contribution in [1.82, 2.24) is 29.5 Å². The molecule has 2 fully saturated rings. The third-order valence-electron chi connectivity index (χ3n) is 9.13. The van der Waals surface area contributed by atoms with Crippen LogP contribution < -0.4 is 9.47 Å². The summed E-state index contributed by atoms with van der Waals surface area (Å²) >= 11 is 25.1. The molecule has 0 aliphatic carbocycles. The van der Waals surface area contributed by atoms with Gasteiger partial charge in [-0.15, -0.1) is 26.3 Å². The van der Waals surface area contributed by atoms with Gasteiger partial charge in [0.1, 0.15) is 36.1 Å². The van der Waals surface area contributed by atoms with E-state index in [0.29, 0.717) is 31.5 Å².